The third-order valence-corrected chi connectivity index (χ3v) is 5.94. The van der Waals surface area contributed by atoms with Gasteiger partial charge in [0.15, 0.2) is 11.7 Å². The Kier molecular flexibility index (Phi) is 17.6. The van der Waals surface area contributed by atoms with E-state index in [-0.39, 0.29) is 32.9 Å². The van der Waals surface area contributed by atoms with Crippen LogP contribution in [0.25, 0.3) is 0 Å². The van der Waals surface area contributed by atoms with Crippen molar-refractivity contribution in [2.75, 3.05) is 26.3 Å². The van der Waals surface area contributed by atoms with Crippen LogP contribution in [0.5, 0.6) is 0 Å². The van der Waals surface area contributed by atoms with Gasteiger partial charge in [-0.3, -0.25) is 24.2 Å². The lowest BCUT2D eigenvalue weighted by Gasteiger charge is -2.35. The zero-order chi connectivity index (χ0) is 27.8. The molecule has 1 fully saturated rings. The highest BCUT2D eigenvalue weighted by Crippen LogP contribution is 2.18. The number of nitrogens with two attached hydrogens (primary N) is 2. The predicted molar refractivity (Wildman–Crippen MR) is 151 cm³/mol. The summed E-state index contributed by atoms with van der Waals surface area (Å²) in [5.74, 6) is -2.20. The lowest BCUT2D eigenvalue weighted by atomic mass is 9.99. The van der Waals surface area contributed by atoms with Crippen LogP contribution in [0, 0.1) is 0 Å². The SMILES string of the molecule is C.CCC.NC(N)=NCCC[C@H](NC(=O)[C@@H]1CCCCN1C(=O)CNC(=O)c1ccc(Br)cc1)C(=O)CF. The van der Waals surface area contributed by atoms with Gasteiger partial charge in [-0.05, 0) is 56.4 Å². The summed E-state index contributed by atoms with van der Waals surface area (Å²) in [7, 11) is 0. The fourth-order valence-electron chi connectivity index (χ4n) is 3.64. The molecule has 1 heterocycles. The number of Topliss-reactive ketones (excluding diaryl/α,β-unsaturated/α-hetero) is 1. The van der Waals surface area contributed by atoms with E-state index in [1.165, 1.54) is 11.3 Å². The van der Waals surface area contributed by atoms with Crippen molar-refractivity contribution in [1.29, 1.82) is 0 Å². The lowest BCUT2D eigenvalue weighted by Crippen LogP contribution is -2.56. The molecule has 38 heavy (non-hydrogen) atoms. The summed E-state index contributed by atoms with van der Waals surface area (Å²) in [6, 6.07) is 4.83. The number of aliphatic imine (C=N–C) groups is 1. The number of hydrogen-bond donors (Lipinski definition) is 4. The summed E-state index contributed by atoms with van der Waals surface area (Å²) in [4.78, 5) is 55.3. The first-order chi connectivity index (χ1) is 17.6. The number of guanidine groups is 1. The number of alkyl halides is 1. The molecule has 1 aromatic rings. The molecule has 2 atom stereocenters. The molecule has 0 saturated carbocycles. The van der Waals surface area contributed by atoms with E-state index >= 15 is 0 Å². The molecule has 1 saturated heterocycles. The highest BCUT2D eigenvalue weighted by Gasteiger charge is 2.34. The molecule has 1 aliphatic rings. The Morgan fingerprint density at radius 1 is 1.16 bits per heavy atom. The number of nitrogens with one attached hydrogen (secondary N) is 2. The average Bonchev–Trinajstić information content (AvgIpc) is 2.89. The van der Waals surface area contributed by atoms with Crippen LogP contribution in [0.4, 0.5) is 4.39 Å². The Morgan fingerprint density at radius 3 is 2.37 bits per heavy atom. The number of rotatable bonds is 11. The van der Waals surface area contributed by atoms with Gasteiger partial charge < -0.3 is 27.0 Å². The largest absolute Gasteiger partial charge is 0.370 e. The Bertz CT molecular complexity index is 925. The Morgan fingerprint density at radius 2 is 1.79 bits per heavy atom. The average molecular weight is 602 g/mol. The van der Waals surface area contributed by atoms with Crippen LogP contribution in [0.15, 0.2) is 33.7 Å². The number of amides is 3. The first-order valence-electron chi connectivity index (χ1n) is 12.4. The van der Waals surface area contributed by atoms with E-state index in [2.05, 4.69) is 45.4 Å². The topological polar surface area (TPSA) is 160 Å². The zero-order valence-electron chi connectivity index (χ0n) is 21.5. The Balaban J connectivity index is 0.00000326. The van der Waals surface area contributed by atoms with Gasteiger partial charge in [0, 0.05) is 23.1 Å². The maximum atomic E-state index is 13.0. The molecule has 214 valence electrons. The van der Waals surface area contributed by atoms with E-state index in [1.807, 2.05) is 0 Å². The standard InChI is InChI=1S/C22H30BrFN6O4.C3H8.CH4/c23-15-8-6-14(7-9-15)20(33)28-13-19(32)30-11-2-1-5-17(30)21(34)29-16(18(31)12-24)4-3-10-27-22(25)26;1-3-2;/h6-9,16-17H,1-5,10-13H2,(H,28,33)(H,29,34)(H4,25,26,27);3H2,1-2H3;1H4/t16-,17-;;/m0../s1. The van der Waals surface area contributed by atoms with E-state index in [1.54, 1.807) is 24.3 Å². The van der Waals surface area contributed by atoms with Crippen molar-refractivity contribution in [3.63, 3.8) is 0 Å². The number of carbonyl (C=O) groups is 4. The maximum absolute atomic E-state index is 13.0. The number of halogens is 2. The minimum atomic E-state index is -1.22. The van der Waals surface area contributed by atoms with Crippen molar-refractivity contribution < 1.29 is 23.6 Å². The molecule has 3 amide bonds. The highest BCUT2D eigenvalue weighted by atomic mass is 79.9. The molecule has 2 rings (SSSR count). The van der Waals surface area contributed by atoms with Gasteiger partial charge in [0.1, 0.15) is 12.7 Å². The van der Waals surface area contributed by atoms with E-state index in [0.717, 1.165) is 10.9 Å². The molecule has 0 aliphatic carbocycles. The predicted octanol–water partition coefficient (Wildman–Crippen LogP) is 2.69. The van der Waals surface area contributed by atoms with Crippen LogP contribution in [-0.4, -0.2) is 72.8 Å². The van der Waals surface area contributed by atoms with Gasteiger partial charge in [-0.2, -0.15) is 0 Å². The summed E-state index contributed by atoms with van der Waals surface area (Å²) in [5.41, 5.74) is 10.9. The number of piperidine rings is 1. The zero-order valence-corrected chi connectivity index (χ0v) is 23.1. The third-order valence-electron chi connectivity index (χ3n) is 5.41. The second-order valence-electron chi connectivity index (χ2n) is 8.61. The molecule has 6 N–H and O–H groups in total. The molecular formula is C26H42BrFN6O4. The smallest absolute Gasteiger partial charge is 0.251 e. The summed E-state index contributed by atoms with van der Waals surface area (Å²) >= 11 is 3.29. The number of likely N-dealkylation sites (tertiary alicyclic amines) is 1. The van der Waals surface area contributed by atoms with Crippen molar-refractivity contribution in [2.45, 2.75) is 71.9 Å². The van der Waals surface area contributed by atoms with Crippen LogP contribution in [0.1, 0.15) is 70.2 Å². The Labute approximate surface area is 233 Å². The van der Waals surface area contributed by atoms with Gasteiger partial charge in [-0.25, -0.2) is 4.39 Å². The molecule has 12 heteroatoms. The van der Waals surface area contributed by atoms with Crippen molar-refractivity contribution >= 4 is 45.4 Å². The van der Waals surface area contributed by atoms with Crippen molar-refractivity contribution in [3.05, 3.63) is 34.3 Å². The van der Waals surface area contributed by atoms with Gasteiger partial charge in [-0.15, -0.1) is 0 Å². The molecule has 0 spiro atoms. The molecule has 1 aliphatic heterocycles. The number of carbonyl (C=O) groups excluding carboxylic acids is 4. The van der Waals surface area contributed by atoms with Crippen molar-refractivity contribution in [2.24, 2.45) is 16.5 Å². The third kappa shape index (κ3) is 12.5. The molecular weight excluding hydrogens is 559 g/mol. The van der Waals surface area contributed by atoms with Crippen LogP contribution in [-0.2, 0) is 14.4 Å². The summed E-state index contributed by atoms with van der Waals surface area (Å²) < 4.78 is 13.9. The van der Waals surface area contributed by atoms with Crippen LogP contribution >= 0.6 is 15.9 Å². The van der Waals surface area contributed by atoms with Gasteiger partial charge >= 0.3 is 0 Å². The number of ketones is 1. The fourth-order valence-corrected chi connectivity index (χ4v) is 3.91. The summed E-state index contributed by atoms with van der Waals surface area (Å²) in [6.07, 6.45) is 3.61. The molecule has 0 aromatic heterocycles. The van der Waals surface area contributed by atoms with E-state index < -0.39 is 42.3 Å². The fraction of sp³-hybridized carbons (Fsp3) is 0.577. The van der Waals surface area contributed by atoms with Crippen molar-refractivity contribution in [3.8, 4) is 0 Å². The second-order valence-corrected chi connectivity index (χ2v) is 9.52. The van der Waals surface area contributed by atoms with Gasteiger partial charge in [-0.1, -0.05) is 43.6 Å². The van der Waals surface area contributed by atoms with Crippen LogP contribution in [0.3, 0.4) is 0 Å². The van der Waals surface area contributed by atoms with Crippen LogP contribution in [0.2, 0.25) is 0 Å². The van der Waals surface area contributed by atoms with E-state index in [9.17, 15) is 23.6 Å². The highest BCUT2D eigenvalue weighted by molar-refractivity contribution is 9.10. The first-order valence-corrected chi connectivity index (χ1v) is 13.2. The second kappa shape index (κ2) is 19.1. The minimum Gasteiger partial charge on any atom is -0.370 e. The number of hydrogen-bond acceptors (Lipinski definition) is 5. The maximum Gasteiger partial charge on any atom is 0.251 e. The summed E-state index contributed by atoms with van der Waals surface area (Å²) in [5, 5.41) is 5.15. The number of nitrogens with zero attached hydrogens (tertiary/aromatic N) is 2. The van der Waals surface area contributed by atoms with E-state index in [0.29, 0.717) is 31.4 Å². The normalized spacial score (nSPS) is 15.1. The molecule has 0 radical (unpaired) electrons. The quantitative estimate of drug-likeness (QED) is 0.173. The van der Waals surface area contributed by atoms with Crippen LogP contribution < -0.4 is 22.1 Å². The Hall–Kier alpha value is -3.02. The summed E-state index contributed by atoms with van der Waals surface area (Å²) in [6.45, 7) is 3.34. The van der Waals surface area contributed by atoms with Crippen molar-refractivity contribution in [1.82, 2.24) is 15.5 Å². The monoisotopic (exact) mass is 600 g/mol. The molecule has 10 nitrogen and oxygen atoms in total. The number of benzene rings is 1. The van der Waals surface area contributed by atoms with Gasteiger partial charge in [0.05, 0.1) is 12.6 Å². The van der Waals surface area contributed by atoms with Gasteiger partial charge in [0.2, 0.25) is 11.8 Å². The lowest BCUT2D eigenvalue weighted by molar-refractivity contribution is -0.142. The van der Waals surface area contributed by atoms with Gasteiger partial charge in [0.25, 0.3) is 5.91 Å². The molecule has 0 bridgehead atoms. The van der Waals surface area contributed by atoms with E-state index in [4.69, 9.17) is 11.5 Å². The first kappa shape index (κ1) is 35.0. The molecule has 1 aromatic carbocycles. The minimum absolute atomic E-state index is 0. The molecule has 0 unspecified atom stereocenters.